The smallest absolute Gasteiger partial charge is 0.255 e. The molecule has 23 heavy (non-hydrogen) atoms. The van der Waals surface area contributed by atoms with Crippen molar-refractivity contribution in [3.63, 3.8) is 0 Å². The van der Waals surface area contributed by atoms with E-state index in [0.29, 0.717) is 22.5 Å². The van der Waals surface area contributed by atoms with Gasteiger partial charge in [0.1, 0.15) is 5.82 Å². The quantitative estimate of drug-likeness (QED) is 0.922. The zero-order valence-electron chi connectivity index (χ0n) is 12.6. The second-order valence-electron chi connectivity index (χ2n) is 6.36. The molecule has 0 saturated heterocycles. The Hall–Kier alpha value is -1.36. The summed E-state index contributed by atoms with van der Waals surface area (Å²) in [6, 6.07) is 5.67. The van der Waals surface area contributed by atoms with Gasteiger partial charge in [0.2, 0.25) is 0 Å². The minimum absolute atomic E-state index is 0.0238. The summed E-state index contributed by atoms with van der Waals surface area (Å²) in [5.41, 5.74) is 2.90. The van der Waals surface area contributed by atoms with E-state index < -0.39 is 0 Å². The molecule has 1 aromatic heterocycles. The van der Waals surface area contributed by atoms with Crippen molar-refractivity contribution in [2.45, 2.75) is 38.3 Å². The molecule has 1 aliphatic carbocycles. The van der Waals surface area contributed by atoms with Crippen LogP contribution in [0, 0.1) is 0 Å². The van der Waals surface area contributed by atoms with Crippen LogP contribution in [-0.4, -0.2) is 21.4 Å². The lowest BCUT2D eigenvalue weighted by Crippen LogP contribution is -2.35. The number of nitrogens with zero attached hydrogens (tertiary/aromatic N) is 2. The van der Waals surface area contributed by atoms with E-state index in [9.17, 15) is 4.79 Å². The first kappa shape index (κ1) is 15.2. The second kappa shape index (κ2) is 5.93. The summed E-state index contributed by atoms with van der Waals surface area (Å²) in [5.74, 6) is 1.36. The highest BCUT2D eigenvalue weighted by atomic mass is 35.5. The SMILES string of the molecule is O=c1[nH]c(C2CC2)nc2c1CN(Cc1ccc(Cl)c(Cl)c1)CC2. The molecule has 0 amide bonds. The molecule has 2 aromatic rings. The van der Waals surface area contributed by atoms with E-state index in [1.54, 1.807) is 0 Å². The molecule has 0 radical (unpaired) electrons. The maximum absolute atomic E-state index is 12.4. The van der Waals surface area contributed by atoms with Gasteiger partial charge in [-0.3, -0.25) is 9.69 Å². The van der Waals surface area contributed by atoms with E-state index in [1.165, 1.54) is 0 Å². The summed E-state index contributed by atoms with van der Waals surface area (Å²) in [5, 5.41) is 1.13. The van der Waals surface area contributed by atoms with Gasteiger partial charge in [0.05, 0.1) is 21.3 Å². The van der Waals surface area contributed by atoms with Gasteiger partial charge < -0.3 is 4.98 Å². The first-order valence-electron chi connectivity index (χ1n) is 7.88. The van der Waals surface area contributed by atoms with Gasteiger partial charge in [-0.05, 0) is 30.5 Å². The van der Waals surface area contributed by atoms with E-state index in [0.717, 1.165) is 55.0 Å². The molecular formula is C17H17Cl2N3O. The lowest BCUT2D eigenvalue weighted by atomic mass is 10.1. The Labute approximate surface area is 144 Å². The molecule has 4 nitrogen and oxygen atoms in total. The Bertz CT molecular complexity index is 814. The van der Waals surface area contributed by atoms with Crippen LogP contribution in [0.5, 0.6) is 0 Å². The summed E-state index contributed by atoms with van der Waals surface area (Å²) in [4.78, 5) is 22.2. The average Bonchev–Trinajstić information content (AvgIpc) is 3.36. The van der Waals surface area contributed by atoms with Gasteiger partial charge in [0.25, 0.3) is 5.56 Å². The van der Waals surface area contributed by atoms with Crippen LogP contribution < -0.4 is 5.56 Å². The van der Waals surface area contributed by atoms with Crippen LogP contribution in [0.3, 0.4) is 0 Å². The fraction of sp³-hybridized carbons (Fsp3) is 0.412. The van der Waals surface area contributed by atoms with E-state index >= 15 is 0 Å². The first-order valence-corrected chi connectivity index (χ1v) is 8.64. The molecule has 1 fully saturated rings. The zero-order valence-corrected chi connectivity index (χ0v) is 14.1. The van der Waals surface area contributed by atoms with Gasteiger partial charge >= 0.3 is 0 Å². The summed E-state index contributed by atoms with van der Waals surface area (Å²) >= 11 is 12.0. The monoisotopic (exact) mass is 349 g/mol. The Morgan fingerprint density at radius 1 is 1.26 bits per heavy atom. The third kappa shape index (κ3) is 3.16. The molecule has 6 heteroatoms. The number of benzene rings is 1. The minimum Gasteiger partial charge on any atom is -0.310 e. The maximum Gasteiger partial charge on any atom is 0.255 e. The number of hydrogen-bond acceptors (Lipinski definition) is 3. The number of rotatable bonds is 3. The van der Waals surface area contributed by atoms with Crippen LogP contribution in [0.2, 0.25) is 10.0 Å². The summed E-state index contributed by atoms with van der Waals surface area (Å²) in [7, 11) is 0. The number of H-pyrrole nitrogens is 1. The first-order chi connectivity index (χ1) is 11.1. The van der Waals surface area contributed by atoms with Gasteiger partial charge in [-0.2, -0.15) is 0 Å². The Morgan fingerprint density at radius 3 is 2.83 bits per heavy atom. The van der Waals surface area contributed by atoms with Crippen LogP contribution in [0.1, 0.15) is 41.4 Å². The van der Waals surface area contributed by atoms with E-state index in [1.807, 2.05) is 18.2 Å². The summed E-state index contributed by atoms with van der Waals surface area (Å²) < 4.78 is 0. The molecular weight excluding hydrogens is 333 g/mol. The van der Waals surface area contributed by atoms with Crippen LogP contribution in [0.4, 0.5) is 0 Å². The topological polar surface area (TPSA) is 49.0 Å². The zero-order chi connectivity index (χ0) is 16.0. The van der Waals surface area contributed by atoms with E-state index in [2.05, 4.69) is 14.9 Å². The summed E-state index contributed by atoms with van der Waals surface area (Å²) in [6.45, 7) is 2.27. The number of hydrogen-bond donors (Lipinski definition) is 1. The van der Waals surface area contributed by atoms with Gasteiger partial charge in [0, 0.05) is 32.0 Å². The molecule has 2 heterocycles. The molecule has 1 aromatic carbocycles. The molecule has 1 saturated carbocycles. The third-order valence-corrected chi connectivity index (χ3v) is 5.26. The van der Waals surface area contributed by atoms with Crippen molar-refractivity contribution in [3.05, 3.63) is 61.2 Å². The van der Waals surface area contributed by atoms with E-state index in [-0.39, 0.29) is 5.56 Å². The number of halogens is 2. The van der Waals surface area contributed by atoms with E-state index in [4.69, 9.17) is 23.2 Å². The lowest BCUT2D eigenvalue weighted by Gasteiger charge is -2.27. The second-order valence-corrected chi connectivity index (χ2v) is 7.17. The Morgan fingerprint density at radius 2 is 2.09 bits per heavy atom. The molecule has 0 unspecified atom stereocenters. The average molecular weight is 350 g/mol. The normalized spacial score (nSPS) is 18.0. The van der Waals surface area contributed by atoms with Crippen molar-refractivity contribution in [1.29, 1.82) is 0 Å². The van der Waals surface area contributed by atoms with Crippen molar-refractivity contribution >= 4 is 23.2 Å². The molecule has 0 atom stereocenters. The lowest BCUT2D eigenvalue weighted by molar-refractivity contribution is 0.241. The largest absolute Gasteiger partial charge is 0.310 e. The molecule has 2 aliphatic rings. The number of nitrogens with one attached hydrogen (secondary N) is 1. The molecule has 1 N–H and O–H groups in total. The highest BCUT2D eigenvalue weighted by Gasteiger charge is 2.29. The standard InChI is InChI=1S/C17H17Cl2N3O/c18-13-4-1-10(7-14(13)19)8-22-6-5-15-12(9-22)17(23)21-16(20-15)11-2-3-11/h1,4,7,11H,2-3,5-6,8-9H2,(H,20,21,23). The number of aromatic amines is 1. The molecule has 0 bridgehead atoms. The van der Waals surface area contributed by atoms with Gasteiger partial charge in [-0.1, -0.05) is 29.3 Å². The van der Waals surface area contributed by atoms with Gasteiger partial charge in [-0.25, -0.2) is 4.98 Å². The number of aromatic nitrogens is 2. The molecule has 0 spiro atoms. The van der Waals surface area contributed by atoms with Crippen molar-refractivity contribution in [2.24, 2.45) is 0 Å². The van der Waals surface area contributed by atoms with Crippen LogP contribution >= 0.6 is 23.2 Å². The van der Waals surface area contributed by atoms with Gasteiger partial charge in [-0.15, -0.1) is 0 Å². The molecule has 1 aliphatic heterocycles. The van der Waals surface area contributed by atoms with Crippen molar-refractivity contribution in [2.75, 3.05) is 6.54 Å². The Kier molecular flexibility index (Phi) is 3.92. The minimum atomic E-state index is 0.0238. The fourth-order valence-corrected chi connectivity index (χ4v) is 3.40. The van der Waals surface area contributed by atoms with Gasteiger partial charge in [0.15, 0.2) is 0 Å². The predicted molar refractivity (Wildman–Crippen MR) is 91.1 cm³/mol. The number of fused-ring (bicyclic) bond motifs is 1. The van der Waals surface area contributed by atoms with Crippen molar-refractivity contribution in [1.82, 2.24) is 14.9 Å². The maximum atomic E-state index is 12.4. The van der Waals surface area contributed by atoms with Crippen LogP contribution in [0.15, 0.2) is 23.0 Å². The molecule has 4 rings (SSSR count). The summed E-state index contributed by atoms with van der Waals surface area (Å²) in [6.07, 6.45) is 3.11. The highest BCUT2D eigenvalue weighted by molar-refractivity contribution is 6.42. The van der Waals surface area contributed by atoms with Crippen molar-refractivity contribution in [3.8, 4) is 0 Å². The van der Waals surface area contributed by atoms with Crippen LogP contribution in [-0.2, 0) is 19.5 Å². The van der Waals surface area contributed by atoms with Crippen molar-refractivity contribution < 1.29 is 0 Å². The predicted octanol–water partition coefficient (Wildman–Crippen LogP) is 3.51. The third-order valence-electron chi connectivity index (χ3n) is 4.52. The highest BCUT2D eigenvalue weighted by Crippen LogP contribution is 2.37. The molecule has 120 valence electrons. The Balaban J connectivity index is 1.54. The fourth-order valence-electron chi connectivity index (χ4n) is 3.08. The van der Waals surface area contributed by atoms with Crippen LogP contribution in [0.25, 0.3) is 0 Å².